The van der Waals surface area contributed by atoms with Gasteiger partial charge in [0.15, 0.2) is 0 Å². The lowest BCUT2D eigenvalue weighted by Crippen LogP contribution is -2.46. The molecule has 0 aromatic carbocycles. The van der Waals surface area contributed by atoms with E-state index in [1.54, 1.807) is 0 Å². The standard InChI is InChI=1S/C14H28N2O2/c1-14(2,3)12(15)9-13(18)16-10-7-5-4-6-8-11(10)17/h10-12,17H,4-9,15H2,1-3H3,(H,16,18). The van der Waals surface area contributed by atoms with Crippen LogP contribution in [-0.4, -0.2) is 29.2 Å². The third-order valence-electron chi connectivity index (χ3n) is 3.84. The first-order valence-corrected chi connectivity index (χ1v) is 7.03. The fourth-order valence-corrected chi connectivity index (χ4v) is 2.23. The lowest BCUT2D eigenvalue weighted by Gasteiger charge is -2.28. The first-order chi connectivity index (χ1) is 8.30. The molecular weight excluding hydrogens is 228 g/mol. The molecule has 1 fully saturated rings. The molecular formula is C14H28N2O2. The Kier molecular flexibility index (Phi) is 5.60. The van der Waals surface area contributed by atoms with Gasteiger partial charge in [0.05, 0.1) is 12.1 Å². The number of aliphatic hydroxyl groups excluding tert-OH is 1. The summed E-state index contributed by atoms with van der Waals surface area (Å²) in [6.45, 7) is 6.10. The van der Waals surface area contributed by atoms with Gasteiger partial charge in [-0.3, -0.25) is 4.79 Å². The van der Waals surface area contributed by atoms with Crippen LogP contribution in [0.25, 0.3) is 0 Å². The molecule has 0 spiro atoms. The van der Waals surface area contributed by atoms with Crippen LogP contribution in [-0.2, 0) is 4.79 Å². The average Bonchev–Trinajstić information content (AvgIpc) is 2.43. The number of nitrogens with one attached hydrogen (secondary N) is 1. The number of carbonyl (C=O) groups excluding carboxylic acids is 1. The van der Waals surface area contributed by atoms with Gasteiger partial charge in [0.1, 0.15) is 0 Å². The van der Waals surface area contributed by atoms with Crippen molar-refractivity contribution in [3.63, 3.8) is 0 Å². The molecule has 1 rings (SSSR count). The minimum Gasteiger partial charge on any atom is -0.391 e. The predicted octanol–water partition coefficient (Wildman–Crippen LogP) is 1.56. The fraction of sp³-hybridized carbons (Fsp3) is 0.929. The summed E-state index contributed by atoms with van der Waals surface area (Å²) >= 11 is 0. The minimum absolute atomic E-state index is 0.0385. The van der Waals surface area contributed by atoms with E-state index in [4.69, 9.17) is 5.73 Å². The van der Waals surface area contributed by atoms with Crippen molar-refractivity contribution in [2.24, 2.45) is 11.1 Å². The van der Waals surface area contributed by atoms with E-state index in [0.29, 0.717) is 6.42 Å². The number of nitrogens with two attached hydrogens (primary N) is 1. The van der Waals surface area contributed by atoms with Crippen LogP contribution in [0.1, 0.15) is 59.3 Å². The molecule has 4 nitrogen and oxygen atoms in total. The largest absolute Gasteiger partial charge is 0.391 e. The number of rotatable bonds is 3. The Morgan fingerprint density at radius 1 is 1.33 bits per heavy atom. The van der Waals surface area contributed by atoms with E-state index in [2.05, 4.69) is 5.32 Å². The topological polar surface area (TPSA) is 75.4 Å². The van der Waals surface area contributed by atoms with E-state index in [0.717, 1.165) is 32.1 Å². The maximum absolute atomic E-state index is 11.9. The van der Waals surface area contributed by atoms with Gasteiger partial charge in [-0.15, -0.1) is 0 Å². The molecule has 1 aliphatic carbocycles. The first-order valence-electron chi connectivity index (χ1n) is 7.03. The van der Waals surface area contributed by atoms with Crippen LogP contribution < -0.4 is 11.1 Å². The van der Waals surface area contributed by atoms with E-state index >= 15 is 0 Å². The second kappa shape index (κ2) is 6.53. The van der Waals surface area contributed by atoms with E-state index in [9.17, 15) is 9.90 Å². The minimum atomic E-state index is -0.401. The Hall–Kier alpha value is -0.610. The molecule has 0 aliphatic heterocycles. The van der Waals surface area contributed by atoms with E-state index < -0.39 is 6.10 Å². The Balaban J connectivity index is 2.43. The summed E-state index contributed by atoms with van der Waals surface area (Å²) in [4.78, 5) is 11.9. The zero-order valence-electron chi connectivity index (χ0n) is 11.9. The van der Waals surface area contributed by atoms with Crippen LogP contribution in [0.2, 0.25) is 0 Å². The van der Waals surface area contributed by atoms with Crippen LogP contribution in [0, 0.1) is 5.41 Å². The van der Waals surface area contributed by atoms with E-state index in [1.807, 2.05) is 20.8 Å². The molecule has 0 aromatic heterocycles. The molecule has 4 heteroatoms. The SMILES string of the molecule is CC(C)(C)C(N)CC(=O)NC1CCCCCC1O. The second-order valence-electron chi connectivity index (χ2n) is 6.56. The van der Waals surface area contributed by atoms with Crippen molar-refractivity contribution in [1.29, 1.82) is 0 Å². The highest BCUT2D eigenvalue weighted by molar-refractivity contribution is 5.77. The molecule has 18 heavy (non-hydrogen) atoms. The highest BCUT2D eigenvalue weighted by Crippen LogP contribution is 2.21. The van der Waals surface area contributed by atoms with E-state index in [-0.39, 0.29) is 23.4 Å². The van der Waals surface area contributed by atoms with Gasteiger partial charge < -0.3 is 16.2 Å². The Morgan fingerprint density at radius 3 is 2.56 bits per heavy atom. The van der Waals surface area contributed by atoms with Gasteiger partial charge >= 0.3 is 0 Å². The predicted molar refractivity (Wildman–Crippen MR) is 73.1 cm³/mol. The lowest BCUT2D eigenvalue weighted by atomic mass is 9.85. The normalized spacial score (nSPS) is 27.4. The third-order valence-corrected chi connectivity index (χ3v) is 3.84. The monoisotopic (exact) mass is 256 g/mol. The molecule has 0 aromatic rings. The van der Waals surface area contributed by atoms with Crippen molar-refractivity contribution in [2.75, 3.05) is 0 Å². The highest BCUT2D eigenvalue weighted by atomic mass is 16.3. The molecule has 106 valence electrons. The Bertz CT molecular complexity index is 273. The number of hydrogen-bond donors (Lipinski definition) is 3. The van der Waals surface area contributed by atoms with Gasteiger partial charge in [-0.25, -0.2) is 0 Å². The lowest BCUT2D eigenvalue weighted by molar-refractivity contribution is -0.123. The fourth-order valence-electron chi connectivity index (χ4n) is 2.23. The quantitative estimate of drug-likeness (QED) is 0.671. The van der Waals surface area contributed by atoms with E-state index in [1.165, 1.54) is 0 Å². The van der Waals surface area contributed by atoms with Gasteiger partial charge in [0.25, 0.3) is 0 Å². The summed E-state index contributed by atoms with van der Waals surface area (Å²) in [6.07, 6.45) is 4.86. The molecule has 0 saturated heterocycles. The van der Waals surface area contributed by atoms with Crippen LogP contribution in [0.4, 0.5) is 0 Å². The van der Waals surface area contributed by atoms with Crippen LogP contribution in [0.5, 0.6) is 0 Å². The van der Waals surface area contributed by atoms with Crippen molar-refractivity contribution in [2.45, 2.75) is 77.5 Å². The zero-order valence-corrected chi connectivity index (χ0v) is 11.9. The Morgan fingerprint density at radius 2 is 1.94 bits per heavy atom. The average molecular weight is 256 g/mol. The molecule has 1 aliphatic rings. The van der Waals surface area contributed by atoms with Gasteiger partial charge in [0.2, 0.25) is 5.91 Å². The maximum atomic E-state index is 11.9. The van der Waals surface area contributed by atoms with Gasteiger partial charge in [-0.05, 0) is 18.3 Å². The molecule has 1 saturated carbocycles. The maximum Gasteiger partial charge on any atom is 0.221 e. The summed E-state index contributed by atoms with van der Waals surface area (Å²) < 4.78 is 0. The molecule has 0 heterocycles. The number of hydrogen-bond acceptors (Lipinski definition) is 3. The molecule has 1 amide bonds. The van der Waals surface area contributed by atoms with Crippen LogP contribution >= 0.6 is 0 Å². The third kappa shape index (κ3) is 4.94. The summed E-state index contributed by atoms with van der Waals surface area (Å²) in [5, 5.41) is 12.9. The van der Waals surface area contributed by atoms with Crippen molar-refractivity contribution >= 4 is 5.91 Å². The summed E-state index contributed by atoms with van der Waals surface area (Å²) in [5.74, 6) is -0.0385. The number of amides is 1. The number of aliphatic hydroxyl groups is 1. The second-order valence-corrected chi connectivity index (χ2v) is 6.56. The highest BCUT2D eigenvalue weighted by Gasteiger charge is 2.26. The molecule has 4 N–H and O–H groups in total. The van der Waals surface area contributed by atoms with Crippen molar-refractivity contribution in [3.8, 4) is 0 Å². The zero-order chi connectivity index (χ0) is 13.8. The van der Waals surface area contributed by atoms with Crippen LogP contribution in [0.3, 0.4) is 0 Å². The molecule has 3 unspecified atom stereocenters. The number of carbonyl (C=O) groups is 1. The smallest absolute Gasteiger partial charge is 0.221 e. The van der Waals surface area contributed by atoms with Crippen molar-refractivity contribution in [3.05, 3.63) is 0 Å². The Labute approximate surface area is 110 Å². The van der Waals surface area contributed by atoms with Gasteiger partial charge in [0, 0.05) is 12.5 Å². The molecule has 0 bridgehead atoms. The summed E-state index contributed by atoms with van der Waals surface area (Å²) in [5.41, 5.74) is 5.93. The van der Waals surface area contributed by atoms with Crippen molar-refractivity contribution in [1.82, 2.24) is 5.32 Å². The van der Waals surface area contributed by atoms with Gasteiger partial charge in [-0.2, -0.15) is 0 Å². The molecule has 3 atom stereocenters. The summed E-state index contributed by atoms with van der Waals surface area (Å²) in [6, 6.07) is -0.243. The first kappa shape index (κ1) is 15.4. The van der Waals surface area contributed by atoms with Crippen molar-refractivity contribution < 1.29 is 9.90 Å². The van der Waals surface area contributed by atoms with Crippen LogP contribution in [0.15, 0.2) is 0 Å². The molecule has 0 radical (unpaired) electrons. The van der Waals surface area contributed by atoms with Gasteiger partial charge in [-0.1, -0.05) is 40.0 Å². The summed E-state index contributed by atoms with van der Waals surface area (Å²) in [7, 11) is 0.